The Morgan fingerprint density at radius 3 is 2.36 bits per heavy atom. The van der Waals surface area contributed by atoms with Gasteiger partial charge in [-0.3, -0.25) is 4.79 Å². The summed E-state index contributed by atoms with van der Waals surface area (Å²) in [6.45, 7) is 0.436. The smallest absolute Gasteiger partial charge is 0.220 e. The minimum absolute atomic E-state index is 0.0605. The molecule has 5 nitrogen and oxygen atoms in total. The Labute approximate surface area is 131 Å². The van der Waals surface area contributed by atoms with E-state index in [0.717, 1.165) is 18.4 Å². The maximum absolute atomic E-state index is 12.0. The molecular formula is C17H23NO4. The minimum Gasteiger partial charge on any atom is -0.493 e. The van der Waals surface area contributed by atoms with E-state index >= 15 is 0 Å². The molecule has 120 valence electrons. The topological polar surface area (TPSA) is 56.8 Å². The molecule has 1 amide bonds. The summed E-state index contributed by atoms with van der Waals surface area (Å²) >= 11 is 0. The fourth-order valence-corrected chi connectivity index (χ4v) is 2.61. The number of amides is 1. The summed E-state index contributed by atoms with van der Waals surface area (Å²) < 4.78 is 15.9. The van der Waals surface area contributed by atoms with Crippen molar-refractivity contribution >= 4 is 5.91 Å². The van der Waals surface area contributed by atoms with Crippen LogP contribution in [0.2, 0.25) is 0 Å². The molecule has 0 aromatic heterocycles. The highest BCUT2D eigenvalue weighted by Gasteiger charge is 2.16. The van der Waals surface area contributed by atoms with E-state index in [2.05, 4.69) is 17.5 Å². The lowest BCUT2D eigenvalue weighted by molar-refractivity contribution is -0.121. The molecule has 0 saturated heterocycles. The second-order valence-corrected chi connectivity index (χ2v) is 5.28. The van der Waals surface area contributed by atoms with Crippen LogP contribution in [-0.2, 0) is 11.3 Å². The van der Waals surface area contributed by atoms with Crippen molar-refractivity contribution in [1.29, 1.82) is 0 Å². The van der Waals surface area contributed by atoms with Crippen molar-refractivity contribution < 1.29 is 19.0 Å². The number of methoxy groups -OCH3 is 3. The van der Waals surface area contributed by atoms with E-state index in [0.29, 0.717) is 36.1 Å². The van der Waals surface area contributed by atoms with E-state index in [1.807, 2.05) is 12.1 Å². The van der Waals surface area contributed by atoms with E-state index in [4.69, 9.17) is 14.2 Å². The van der Waals surface area contributed by atoms with Gasteiger partial charge in [0, 0.05) is 13.0 Å². The summed E-state index contributed by atoms with van der Waals surface area (Å²) in [7, 11) is 4.72. The van der Waals surface area contributed by atoms with Gasteiger partial charge in [-0.25, -0.2) is 0 Å². The van der Waals surface area contributed by atoms with E-state index in [9.17, 15) is 4.79 Å². The summed E-state index contributed by atoms with van der Waals surface area (Å²) in [5, 5.41) is 2.94. The van der Waals surface area contributed by atoms with Crippen LogP contribution in [0.3, 0.4) is 0 Å². The minimum atomic E-state index is 0.0605. The molecule has 1 aliphatic carbocycles. The molecule has 1 aromatic carbocycles. The van der Waals surface area contributed by atoms with Crippen molar-refractivity contribution in [2.45, 2.75) is 25.8 Å². The molecule has 1 atom stereocenters. The molecule has 0 fully saturated rings. The average Bonchev–Trinajstić information content (AvgIpc) is 3.04. The van der Waals surface area contributed by atoms with Crippen molar-refractivity contribution in [1.82, 2.24) is 5.32 Å². The van der Waals surface area contributed by atoms with Gasteiger partial charge in [-0.2, -0.15) is 0 Å². The molecule has 22 heavy (non-hydrogen) atoms. The number of nitrogens with one attached hydrogen (secondary N) is 1. The first kappa shape index (κ1) is 16.2. The van der Waals surface area contributed by atoms with Crippen LogP contribution in [0.4, 0.5) is 0 Å². The van der Waals surface area contributed by atoms with Crippen molar-refractivity contribution in [3.05, 3.63) is 29.8 Å². The molecule has 5 heteroatoms. The van der Waals surface area contributed by atoms with Gasteiger partial charge in [-0.1, -0.05) is 12.2 Å². The highest BCUT2D eigenvalue weighted by Crippen LogP contribution is 2.38. The van der Waals surface area contributed by atoms with E-state index in [1.165, 1.54) is 0 Å². The highest BCUT2D eigenvalue weighted by atomic mass is 16.5. The zero-order valence-electron chi connectivity index (χ0n) is 13.3. The number of rotatable bonds is 7. The van der Waals surface area contributed by atoms with Gasteiger partial charge in [-0.15, -0.1) is 0 Å². The molecule has 0 saturated carbocycles. The van der Waals surface area contributed by atoms with Crippen molar-refractivity contribution in [3.8, 4) is 17.2 Å². The zero-order valence-corrected chi connectivity index (χ0v) is 13.3. The molecular weight excluding hydrogens is 282 g/mol. The second kappa shape index (κ2) is 7.73. The van der Waals surface area contributed by atoms with Crippen LogP contribution >= 0.6 is 0 Å². The Kier molecular flexibility index (Phi) is 5.69. The van der Waals surface area contributed by atoms with Gasteiger partial charge in [-0.05, 0) is 36.5 Å². The van der Waals surface area contributed by atoms with Crippen LogP contribution < -0.4 is 19.5 Å². The molecule has 0 radical (unpaired) electrons. The molecule has 1 aromatic rings. The van der Waals surface area contributed by atoms with Crippen LogP contribution in [0, 0.1) is 5.92 Å². The van der Waals surface area contributed by atoms with E-state index in [-0.39, 0.29) is 5.91 Å². The normalized spacial score (nSPS) is 16.4. The van der Waals surface area contributed by atoms with Crippen LogP contribution in [0.15, 0.2) is 24.3 Å². The van der Waals surface area contributed by atoms with Crippen LogP contribution in [0.5, 0.6) is 17.2 Å². The van der Waals surface area contributed by atoms with Gasteiger partial charge in [0.05, 0.1) is 21.3 Å². The molecule has 0 aliphatic heterocycles. The predicted molar refractivity (Wildman–Crippen MR) is 84.4 cm³/mol. The fraction of sp³-hybridized carbons (Fsp3) is 0.471. The van der Waals surface area contributed by atoms with Gasteiger partial charge >= 0.3 is 0 Å². The second-order valence-electron chi connectivity index (χ2n) is 5.28. The molecule has 0 bridgehead atoms. The summed E-state index contributed by atoms with van der Waals surface area (Å²) in [6.07, 6.45) is 6.94. The first-order valence-corrected chi connectivity index (χ1v) is 7.40. The van der Waals surface area contributed by atoms with E-state index < -0.39 is 0 Å². The standard InChI is InChI=1S/C17H23NO4/c1-20-14-8-13(9-15(21-2)17(14)22-3)11-18-16(19)10-12-6-4-5-7-12/h4,6,8-9,12H,5,7,10-11H2,1-3H3,(H,18,19). The van der Waals surface area contributed by atoms with Gasteiger partial charge < -0.3 is 19.5 Å². The Morgan fingerprint density at radius 1 is 1.18 bits per heavy atom. The summed E-state index contributed by atoms with van der Waals surface area (Å²) in [4.78, 5) is 12.0. The maximum Gasteiger partial charge on any atom is 0.220 e. The fourth-order valence-electron chi connectivity index (χ4n) is 2.61. The Hall–Kier alpha value is -2.17. The molecule has 0 heterocycles. The number of hydrogen-bond donors (Lipinski definition) is 1. The van der Waals surface area contributed by atoms with Crippen LogP contribution in [0.1, 0.15) is 24.8 Å². The Balaban J connectivity index is 1.99. The third-order valence-corrected chi connectivity index (χ3v) is 3.77. The number of carbonyl (C=O) groups is 1. The summed E-state index contributed by atoms with van der Waals surface area (Å²) in [5.74, 6) is 2.16. The summed E-state index contributed by atoms with van der Waals surface area (Å²) in [5.41, 5.74) is 0.907. The van der Waals surface area contributed by atoms with Gasteiger partial charge in [0.2, 0.25) is 11.7 Å². The predicted octanol–water partition coefficient (Wildman–Crippen LogP) is 2.68. The van der Waals surface area contributed by atoms with E-state index in [1.54, 1.807) is 21.3 Å². The molecule has 0 spiro atoms. The van der Waals surface area contributed by atoms with Crippen molar-refractivity contribution in [2.24, 2.45) is 5.92 Å². The first-order chi connectivity index (χ1) is 10.7. The number of benzene rings is 1. The average molecular weight is 305 g/mol. The van der Waals surface area contributed by atoms with Crippen molar-refractivity contribution in [2.75, 3.05) is 21.3 Å². The number of allylic oxidation sites excluding steroid dienone is 2. The third kappa shape index (κ3) is 3.93. The Bertz CT molecular complexity index is 529. The lowest BCUT2D eigenvalue weighted by Gasteiger charge is -2.15. The molecule has 1 unspecified atom stereocenters. The van der Waals surface area contributed by atoms with Gasteiger partial charge in [0.1, 0.15) is 0 Å². The van der Waals surface area contributed by atoms with Gasteiger partial charge in [0.15, 0.2) is 11.5 Å². The monoisotopic (exact) mass is 305 g/mol. The lowest BCUT2D eigenvalue weighted by atomic mass is 10.0. The molecule has 2 rings (SSSR count). The lowest BCUT2D eigenvalue weighted by Crippen LogP contribution is -2.24. The third-order valence-electron chi connectivity index (χ3n) is 3.77. The Morgan fingerprint density at radius 2 is 1.86 bits per heavy atom. The molecule has 1 N–H and O–H groups in total. The van der Waals surface area contributed by atoms with Crippen LogP contribution in [0.25, 0.3) is 0 Å². The first-order valence-electron chi connectivity index (χ1n) is 7.40. The number of carbonyl (C=O) groups excluding carboxylic acids is 1. The SMILES string of the molecule is COc1cc(CNC(=O)CC2C=CCC2)cc(OC)c1OC. The molecule has 1 aliphatic rings. The largest absolute Gasteiger partial charge is 0.493 e. The summed E-state index contributed by atoms with van der Waals surface area (Å²) in [6, 6.07) is 3.69. The maximum atomic E-state index is 12.0. The zero-order chi connectivity index (χ0) is 15.9. The quantitative estimate of drug-likeness (QED) is 0.787. The number of ether oxygens (including phenoxy) is 3. The highest BCUT2D eigenvalue weighted by molar-refractivity contribution is 5.76. The van der Waals surface area contributed by atoms with Crippen LogP contribution in [-0.4, -0.2) is 27.2 Å². The number of hydrogen-bond acceptors (Lipinski definition) is 4. The van der Waals surface area contributed by atoms with Gasteiger partial charge in [0.25, 0.3) is 0 Å². The van der Waals surface area contributed by atoms with Crippen molar-refractivity contribution in [3.63, 3.8) is 0 Å².